The van der Waals surface area contributed by atoms with Crippen molar-refractivity contribution in [2.45, 2.75) is 45.4 Å². The minimum absolute atomic E-state index is 0.858. The van der Waals surface area contributed by atoms with E-state index in [1.54, 1.807) is 0 Å². The van der Waals surface area contributed by atoms with Crippen LogP contribution in [0, 0.1) is 11.8 Å². The molecule has 1 fully saturated rings. The number of fused-ring (bicyclic) bond motifs is 1. The Labute approximate surface area is 122 Å². The molecule has 1 heterocycles. The van der Waals surface area contributed by atoms with Gasteiger partial charge in [-0.2, -0.15) is 0 Å². The van der Waals surface area contributed by atoms with Gasteiger partial charge in [-0.05, 0) is 55.0 Å². The van der Waals surface area contributed by atoms with Gasteiger partial charge in [0.1, 0.15) is 5.75 Å². The maximum absolute atomic E-state index is 5.55. The van der Waals surface area contributed by atoms with E-state index in [9.17, 15) is 0 Å². The molecule has 1 aromatic rings. The maximum Gasteiger partial charge on any atom is 0.122 e. The second-order valence-corrected chi connectivity index (χ2v) is 6.52. The molecule has 0 aromatic heterocycles. The van der Waals surface area contributed by atoms with E-state index in [2.05, 4.69) is 30.4 Å². The zero-order valence-corrected chi connectivity index (χ0v) is 12.7. The largest absolute Gasteiger partial charge is 0.493 e. The molecule has 2 nitrogen and oxygen atoms in total. The van der Waals surface area contributed by atoms with Crippen LogP contribution in [0.2, 0.25) is 0 Å². The smallest absolute Gasteiger partial charge is 0.122 e. The van der Waals surface area contributed by atoms with Crippen molar-refractivity contribution in [1.29, 1.82) is 0 Å². The molecule has 0 radical (unpaired) electrons. The zero-order valence-electron chi connectivity index (χ0n) is 12.7. The third-order valence-corrected chi connectivity index (χ3v) is 5.04. The van der Waals surface area contributed by atoms with Crippen LogP contribution < -0.4 is 10.1 Å². The number of benzene rings is 1. The van der Waals surface area contributed by atoms with Gasteiger partial charge >= 0.3 is 0 Å². The number of ether oxygens (including phenoxy) is 1. The average molecular weight is 273 g/mol. The van der Waals surface area contributed by atoms with Gasteiger partial charge in [-0.1, -0.05) is 38.3 Å². The van der Waals surface area contributed by atoms with E-state index in [1.165, 1.54) is 43.4 Å². The second-order valence-electron chi connectivity index (χ2n) is 6.52. The van der Waals surface area contributed by atoms with Crippen LogP contribution in [0.25, 0.3) is 0 Å². The molecule has 0 amide bonds. The van der Waals surface area contributed by atoms with Gasteiger partial charge in [0.2, 0.25) is 0 Å². The minimum Gasteiger partial charge on any atom is -0.493 e. The fraction of sp³-hybridized carbons (Fsp3) is 0.667. The summed E-state index contributed by atoms with van der Waals surface area (Å²) in [6.07, 6.45) is 7.93. The molecule has 0 spiro atoms. The van der Waals surface area contributed by atoms with Crippen LogP contribution in [0.15, 0.2) is 18.2 Å². The zero-order chi connectivity index (χ0) is 13.8. The maximum atomic E-state index is 5.55. The van der Waals surface area contributed by atoms with Crippen molar-refractivity contribution in [2.75, 3.05) is 19.7 Å². The number of rotatable bonds is 5. The molecule has 1 aliphatic heterocycles. The molecular weight excluding hydrogens is 246 g/mol. The summed E-state index contributed by atoms with van der Waals surface area (Å²) in [4.78, 5) is 0. The van der Waals surface area contributed by atoms with Crippen LogP contribution in [-0.2, 0) is 12.8 Å². The molecule has 0 bridgehead atoms. The molecule has 2 unspecified atom stereocenters. The molecule has 0 saturated heterocycles. The predicted octanol–water partition coefficient (Wildman–Crippen LogP) is 3.58. The van der Waals surface area contributed by atoms with E-state index in [4.69, 9.17) is 4.74 Å². The van der Waals surface area contributed by atoms with E-state index < -0.39 is 0 Å². The molecule has 1 saturated carbocycles. The van der Waals surface area contributed by atoms with Crippen molar-refractivity contribution in [3.8, 4) is 5.75 Å². The van der Waals surface area contributed by atoms with Gasteiger partial charge in [0.25, 0.3) is 0 Å². The van der Waals surface area contributed by atoms with Crippen LogP contribution in [0.4, 0.5) is 0 Å². The van der Waals surface area contributed by atoms with Gasteiger partial charge in [-0.25, -0.2) is 0 Å². The lowest BCUT2D eigenvalue weighted by molar-refractivity contribution is 0.248. The Morgan fingerprint density at radius 1 is 1.25 bits per heavy atom. The summed E-state index contributed by atoms with van der Waals surface area (Å²) in [6.45, 7) is 5.58. The second kappa shape index (κ2) is 6.62. The normalized spacial score (nSPS) is 25.2. The van der Waals surface area contributed by atoms with E-state index in [0.29, 0.717) is 0 Å². The molecule has 1 N–H and O–H groups in total. The summed E-state index contributed by atoms with van der Waals surface area (Å²) in [5.74, 6) is 2.91. The van der Waals surface area contributed by atoms with E-state index in [1.807, 2.05) is 0 Å². The van der Waals surface area contributed by atoms with Crippen LogP contribution in [0.1, 0.15) is 43.7 Å². The summed E-state index contributed by atoms with van der Waals surface area (Å²) in [5.41, 5.74) is 2.84. The monoisotopic (exact) mass is 273 g/mol. The molecular formula is C18H27NO. The van der Waals surface area contributed by atoms with Crippen LogP contribution in [0.3, 0.4) is 0 Å². The highest BCUT2D eigenvalue weighted by Crippen LogP contribution is 2.29. The number of hydrogen-bond donors (Lipinski definition) is 1. The topological polar surface area (TPSA) is 21.3 Å². The molecule has 2 aliphatic rings. The van der Waals surface area contributed by atoms with Crippen LogP contribution in [-0.4, -0.2) is 19.7 Å². The van der Waals surface area contributed by atoms with Gasteiger partial charge < -0.3 is 10.1 Å². The van der Waals surface area contributed by atoms with Gasteiger partial charge in [-0.3, -0.25) is 0 Å². The fourth-order valence-corrected chi connectivity index (χ4v) is 3.61. The first kappa shape index (κ1) is 13.9. The summed E-state index contributed by atoms with van der Waals surface area (Å²) >= 11 is 0. The molecule has 20 heavy (non-hydrogen) atoms. The number of hydrogen-bond acceptors (Lipinski definition) is 2. The first-order valence-electron chi connectivity index (χ1n) is 8.28. The SMILES string of the molecule is CC1CCCCC1CNCCc1ccc2c(c1)CCO2. The third kappa shape index (κ3) is 3.35. The van der Waals surface area contributed by atoms with Gasteiger partial charge in [0, 0.05) is 6.42 Å². The summed E-state index contributed by atoms with van der Waals surface area (Å²) in [7, 11) is 0. The average Bonchev–Trinajstić information content (AvgIpc) is 2.93. The van der Waals surface area contributed by atoms with Crippen molar-refractivity contribution >= 4 is 0 Å². The third-order valence-electron chi connectivity index (χ3n) is 5.04. The summed E-state index contributed by atoms with van der Waals surface area (Å²) in [5, 5.41) is 3.67. The van der Waals surface area contributed by atoms with Crippen molar-refractivity contribution in [3.05, 3.63) is 29.3 Å². The summed E-state index contributed by atoms with van der Waals surface area (Å²) in [6, 6.07) is 6.68. The lowest BCUT2D eigenvalue weighted by Crippen LogP contribution is -2.30. The first-order valence-corrected chi connectivity index (χ1v) is 8.28. The molecule has 1 aliphatic carbocycles. The number of nitrogens with one attached hydrogen (secondary N) is 1. The van der Waals surface area contributed by atoms with Gasteiger partial charge in [0.05, 0.1) is 6.61 Å². The highest BCUT2D eigenvalue weighted by atomic mass is 16.5. The van der Waals surface area contributed by atoms with E-state index in [-0.39, 0.29) is 0 Å². The van der Waals surface area contributed by atoms with Crippen LogP contribution in [0.5, 0.6) is 5.75 Å². The van der Waals surface area contributed by atoms with Crippen molar-refractivity contribution in [1.82, 2.24) is 5.32 Å². The Bertz CT molecular complexity index is 443. The van der Waals surface area contributed by atoms with Crippen molar-refractivity contribution in [3.63, 3.8) is 0 Å². The lowest BCUT2D eigenvalue weighted by atomic mass is 9.80. The minimum atomic E-state index is 0.858. The predicted molar refractivity (Wildman–Crippen MR) is 83.3 cm³/mol. The van der Waals surface area contributed by atoms with Crippen LogP contribution >= 0.6 is 0 Å². The van der Waals surface area contributed by atoms with Crippen molar-refractivity contribution in [2.24, 2.45) is 11.8 Å². The Kier molecular flexibility index (Phi) is 4.62. The van der Waals surface area contributed by atoms with Gasteiger partial charge in [0.15, 0.2) is 0 Å². The highest BCUT2D eigenvalue weighted by Gasteiger charge is 2.20. The molecule has 2 atom stereocenters. The molecule has 1 aromatic carbocycles. The molecule has 2 heteroatoms. The lowest BCUT2D eigenvalue weighted by Gasteiger charge is -2.28. The Morgan fingerprint density at radius 3 is 3.05 bits per heavy atom. The summed E-state index contributed by atoms with van der Waals surface area (Å²) < 4.78 is 5.55. The Balaban J connectivity index is 1.41. The quantitative estimate of drug-likeness (QED) is 0.828. The Morgan fingerprint density at radius 2 is 2.15 bits per heavy atom. The first-order chi connectivity index (χ1) is 9.83. The molecule has 3 rings (SSSR count). The Hall–Kier alpha value is -1.02. The fourth-order valence-electron chi connectivity index (χ4n) is 3.61. The standard InChI is InChI=1S/C18H27NO/c1-14-4-2-3-5-17(14)13-19-10-8-15-6-7-18-16(12-15)9-11-20-18/h6-7,12,14,17,19H,2-5,8-11,13H2,1H3. The van der Waals surface area contributed by atoms with Crippen molar-refractivity contribution < 1.29 is 4.74 Å². The molecule has 110 valence electrons. The highest BCUT2D eigenvalue weighted by molar-refractivity contribution is 5.39. The van der Waals surface area contributed by atoms with E-state index >= 15 is 0 Å². The van der Waals surface area contributed by atoms with E-state index in [0.717, 1.165) is 43.6 Å². The van der Waals surface area contributed by atoms with Gasteiger partial charge in [-0.15, -0.1) is 0 Å².